The van der Waals surface area contributed by atoms with Crippen LogP contribution in [0.4, 0.5) is 4.39 Å². The molecule has 0 radical (unpaired) electrons. The number of fused-ring (bicyclic) bond motifs is 1. The summed E-state index contributed by atoms with van der Waals surface area (Å²) in [6.45, 7) is 1.69. The molecular weight excluding hydrogens is 167 g/mol. The Balaban J connectivity index is 2.58. The Kier molecular flexibility index (Phi) is 1.91. The molecule has 1 aromatic carbocycles. The van der Waals surface area contributed by atoms with Crippen LogP contribution in [0.3, 0.4) is 0 Å². The molecular formula is C11H11FO. The zero-order valence-corrected chi connectivity index (χ0v) is 7.56. The molecule has 1 aliphatic rings. The quantitative estimate of drug-likeness (QED) is 0.597. The van der Waals surface area contributed by atoms with E-state index in [1.54, 1.807) is 13.0 Å². The number of benzene rings is 1. The van der Waals surface area contributed by atoms with Crippen LogP contribution in [0.1, 0.15) is 34.3 Å². The molecule has 0 unspecified atom stereocenters. The topological polar surface area (TPSA) is 17.1 Å². The van der Waals surface area contributed by atoms with Crippen molar-refractivity contribution in [2.45, 2.75) is 26.2 Å². The number of hydrogen-bond donors (Lipinski definition) is 0. The van der Waals surface area contributed by atoms with Crippen molar-refractivity contribution in [2.24, 2.45) is 0 Å². The van der Waals surface area contributed by atoms with E-state index in [0.29, 0.717) is 12.0 Å². The van der Waals surface area contributed by atoms with Crippen LogP contribution >= 0.6 is 0 Å². The van der Waals surface area contributed by atoms with E-state index in [9.17, 15) is 9.18 Å². The molecule has 1 aliphatic carbocycles. The van der Waals surface area contributed by atoms with E-state index in [0.717, 1.165) is 24.0 Å². The highest BCUT2D eigenvalue weighted by atomic mass is 19.1. The summed E-state index contributed by atoms with van der Waals surface area (Å²) in [4.78, 5) is 11.4. The van der Waals surface area contributed by atoms with E-state index >= 15 is 0 Å². The van der Waals surface area contributed by atoms with Crippen LogP contribution in [0, 0.1) is 12.7 Å². The number of hydrogen-bond acceptors (Lipinski definition) is 1. The molecule has 0 saturated heterocycles. The molecule has 1 nitrogen and oxygen atoms in total. The van der Waals surface area contributed by atoms with E-state index in [-0.39, 0.29) is 11.6 Å². The molecule has 0 atom stereocenters. The molecule has 0 fully saturated rings. The van der Waals surface area contributed by atoms with Gasteiger partial charge in [0.2, 0.25) is 0 Å². The Morgan fingerprint density at radius 3 is 2.85 bits per heavy atom. The fraction of sp³-hybridized carbons (Fsp3) is 0.364. The number of rotatable bonds is 0. The van der Waals surface area contributed by atoms with E-state index in [1.165, 1.54) is 6.07 Å². The summed E-state index contributed by atoms with van der Waals surface area (Å²) in [7, 11) is 0. The van der Waals surface area contributed by atoms with Gasteiger partial charge in [0, 0.05) is 12.0 Å². The van der Waals surface area contributed by atoms with Crippen molar-refractivity contribution in [3.63, 3.8) is 0 Å². The van der Waals surface area contributed by atoms with Crippen molar-refractivity contribution in [3.05, 3.63) is 34.6 Å². The molecule has 0 aliphatic heterocycles. The first kappa shape index (κ1) is 8.42. The number of aryl methyl sites for hydroxylation is 2. The van der Waals surface area contributed by atoms with Gasteiger partial charge < -0.3 is 0 Å². The van der Waals surface area contributed by atoms with E-state index in [1.807, 2.05) is 0 Å². The van der Waals surface area contributed by atoms with Crippen LogP contribution in [0.5, 0.6) is 0 Å². The minimum atomic E-state index is -0.201. The molecule has 0 N–H and O–H groups in total. The second-order valence-electron chi connectivity index (χ2n) is 3.54. The van der Waals surface area contributed by atoms with Gasteiger partial charge in [-0.15, -0.1) is 0 Å². The van der Waals surface area contributed by atoms with Crippen LogP contribution in [0.15, 0.2) is 12.1 Å². The Bertz CT molecular complexity index is 369. The van der Waals surface area contributed by atoms with Gasteiger partial charge >= 0.3 is 0 Å². The summed E-state index contributed by atoms with van der Waals surface area (Å²) in [5.74, 6) is -0.0437. The van der Waals surface area contributed by atoms with Crippen molar-refractivity contribution < 1.29 is 9.18 Å². The van der Waals surface area contributed by atoms with Crippen molar-refractivity contribution in [1.82, 2.24) is 0 Å². The Morgan fingerprint density at radius 2 is 2.08 bits per heavy atom. The normalized spacial score (nSPS) is 15.7. The van der Waals surface area contributed by atoms with Gasteiger partial charge in [0.25, 0.3) is 0 Å². The number of carbonyl (C=O) groups excluding carboxylic acids is 1. The van der Waals surface area contributed by atoms with Gasteiger partial charge in [0.05, 0.1) is 0 Å². The molecule has 0 heterocycles. The van der Waals surface area contributed by atoms with E-state index in [2.05, 4.69) is 0 Å². The number of Topliss-reactive ketones (excluding diaryl/α,β-unsaturated/α-hetero) is 1. The van der Waals surface area contributed by atoms with E-state index in [4.69, 9.17) is 0 Å². The lowest BCUT2D eigenvalue weighted by Crippen LogP contribution is -2.11. The average Bonchev–Trinajstić information content (AvgIpc) is 2.09. The second-order valence-corrected chi connectivity index (χ2v) is 3.54. The van der Waals surface area contributed by atoms with Crippen molar-refractivity contribution in [2.75, 3.05) is 0 Å². The summed E-state index contributed by atoms with van der Waals surface area (Å²) >= 11 is 0. The lowest BCUT2D eigenvalue weighted by Gasteiger charge is -2.15. The van der Waals surface area contributed by atoms with Crippen LogP contribution in [-0.4, -0.2) is 5.78 Å². The van der Waals surface area contributed by atoms with Gasteiger partial charge in [-0.1, -0.05) is 0 Å². The lowest BCUT2D eigenvalue weighted by atomic mass is 9.89. The summed E-state index contributed by atoms with van der Waals surface area (Å²) in [6, 6.07) is 3.17. The smallest absolute Gasteiger partial charge is 0.163 e. The van der Waals surface area contributed by atoms with Crippen LogP contribution in [0.25, 0.3) is 0 Å². The van der Waals surface area contributed by atoms with Crippen molar-refractivity contribution in [3.8, 4) is 0 Å². The van der Waals surface area contributed by atoms with Gasteiger partial charge in [0.15, 0.2) is 5.78 Å². The van der Waals surface area contributed by atoms with Gasteiger partial charge in [0.1, 0.15) is 5.82 Å². The highest BCUT2D eigenvalue weighted by Gasteiger charge is 2.18. The predicted molar refractivity (Wildman–Crippen MR) is 48.4 cm³/mol. The van der Waals surface area contributed by atoms with Crippen LogP contribution < -0.4 is 0 Å². The largest absolute Gasteiger partial charge is 0.294 e. The molecule has 0 bridgehead atoms. The summed E-state index contributed by atoms with van der Waals surface area (Å²) in [5, 5.41) is 0. The number of carbonyl (C=O) groups is 1. The van der Waals surface area contributed by atoms with Crippen LogP contribution in [-0.2, 0) is 6.42 Å². The Labute approximate surface area is 76.6 Å². The number of ketones is 1. The molecule has 0 amide bonds. The summed E-state index contributed by atoms with van der Waals surface area (Å²) < 4.78 is 13.1. The molecule has 2 rings (SSSR count). The van der Waals surface area contributed by atoms with Gasteiger partial charge in [-0.25, -0.2) is 4.39 Å². The maximum atomic E-state index is 13.1. The minimum Gasteiger partial charge on any atom is -0.294 e. The zero-order valence-electron chi connectivity index (χ0n) is 7.56. The van der Waals surface area contributed by atoms with Crippen molar-refractivity contribution in [1.29, 1.82) is 0 Å². The highest BCUT2D eigenvalue weighted by Crippen LogP contribution is 2.23. The third-order valence-electron chi connectivity index (χ3n) is 2.53. The highest BCUT2D eigenvalue weighted by molar-refractivity contribution is 5.98. The molecule has 0 spiro atoms. The zero-order chi connectivity index (χ0) is 9.42. The first-order valence-corrected chi connectivity index (χ1v) is 4.50. The molecule has 0 aromatic heterocycles. The van der Waals surface area contributed by atoms with E-state index < -0.39 is 0 Å². The maximum absolute atomic E-state index is 13.1. The molecule has 13 heavy (non-hydrogen) atoms. The fourth-order valence-electron chi connectivity index (χ4n) is 1.76. The molecule has 2 heteroatoms. The third kappa shape index (κ3) is 1.37. The predicted octanol–water partition coefficient (Wildman–Crippen LogP) is 2.65. The maximum Gasteiger partial charge on any atom is 0.163 e. The summed E-state index contributed by atoms with van der Waals surface area (Å²) in [5.41, 5.74) is 2.17. The van der Waals surface area contributed by atoms with Gasteiger partial charge in [-0.3, -0.25) is 4.79 Å². The summed E-state index contributed by atoms with van der Waals surface area (Å²) in [6.07, 6.45) is 2.30. The Morgan fingerprint density at radius 1 is 1.31 bits per heavy atom. The van der Waals surface area contributed by atoms with Gasteiger partial charge in [-0.05, 0) is 43.0 Å². The first-order valence-electron chi connectivity index (χ1n) is 4.50. The lowest BCUT2D eigenvalue weighted by molar-refractivity contribution is 0.0972. The molecule has 0 saturated carbocycles. The fourth-order valence-corrected chi connectivity index (χ4v) is 1.76. The first-order chi connectivity index (χ1) is 6.18. The number of halogens is 1. The van der Waals surface area contributed by atoms with Crippen LogP contribution in [0.2, 0.25) is 0 Å². The average molecular weight is 178 g/mol. The van der Waals surface area contributed by atoms with Gasteiger partial charge in [-0.2, -0.15) is 0 Å². The molecule has 68 valence electrons. The SMILES string of the molecule is Cc1cc2c(cc1F)CCCC2=O. The standard InChI is InChI=1S/C11H11FO/c1-7-5-9-8(6-10(7)12)3-2-4-11(9)13/h5-6H,2-4H2,1H3. The monoisotopic (exact) mass is 178 g/mol. The van der Waals surface area contributed by atoms with Crippen molar-refractivity contribution >= 4 is 5.78 Å². The third-order valence-corrected chi connectivity index (χ3v) is 2.53. The minimum absolute atomic E-state index is 0.157. The second kappa shape index (κ2) is 2.95. The molecule has 1 aromatic rings. The Hall–Kier alpha value is -1.18.